The fourth-order valence-corrected chi connectivity index (χ4v) is 9.62. The van der Waals surface area contributed by atoms with Crippen molar-refractivity contribution in [3.63, 3.8) is 0 Å². The van der Waals surface area contributed by atoms with Crippen molar-refractivity contribution in [2.45, 2.75) is 5.41 Å². The molecule has 13 rings (SSSR count). The highest BCUT2D eigenvalue weighted by molar-refractivity contribution is 5.91. The van der Waals surface area contributed by atoms with Crippen molar-refractivity contribution in [3.8, 4) is 78.9 Å². The minimum Gasteiger partial charge on any atom is -0.457 e. The van der Waals surface area contributed by atoms with Gasteiger partial charge < -0.3 is 13.6 Å². The molecule has 290 valence electrons. The summed E-state index contributed by atoms with van der Waals surface area (Å²) in [4.78, 5) is 18.0. The SMILES string of the molecule is c1cc(-c2ccc(-c3ccc4c(c3)C3(c5ccccc5Oc5ccccc53)c3ccccc3-4)cc2)cc(-c2cc(-c3nc4cnccc4o3)cc(-c3nc4cnccc4o3)c2)c1. The van der Waals surface area contributed by atoms with Crippen molar-refractivity contribution >= 4 is 22.2 Å². The minimum atomic E-state index is -0.514. The molecule has 1 spiro atoms. The van der Waals surface area contributed by atoms with Crippen LogP contribution in [0.1, 0.15) is 22.3 Å². The van der Waals surface area contributed by atoms with Crippen LogP contribution < -0.4 is 4.74 Å². The summed E-state index contributed by atoms with van der Waals surface area (Å²) in [5, 5.41) is 0. The fourth-order valence-electron chi connectivity index (χ4n) is 9.62. The topological polar surface area (TPSA) is 87.1 Å². The number of ether oxygens (including phenoxy) is 1. The molecule has 11 aromatic rings. The molecule has 0 unspecified atom stereocenters. The molecule has 0 atom stereocenters. The van der Waals surface area contributed by atoms with Crippen LogP contribution in [0.2, 0.25) is 0 Å². The van der Waals surface area contributed by atoms with Crippen LogP contribution in [0.15, 0.2) is 203 Å². The first-order chi connectivity index (χ1) is 30.7. The van der Waals surface area contributed by atoms with Gasteiger partial charge >= 0.3 is 0 Å². The van der Waals surface area contributed by atoms with E-state index in [-0.39, 0.29) is 0 Å². The van der Waals surface area contributed by atoms with E-state index in [2.05, 4.69) is 162 Å². The lowest BCUT2D eigenvalue weighted by atomic mass is 9.66. The molecule has 0 radical (unpaired) electrons. The average molecular weight is 797 g/mol. The second-order valence-electron chi connectivity index (χ2n) is 15.8. The maximum absolute atomic E-state index is 6.56. The Labute approximate surface area is 355 Å². The highest BCUT2D eigenvalue weighted by Gasteiger charge is 2.51. The normalized spacial score (nSPS) is 13.1. The second-order valence-corrected chi connectivity index (χ2v) is 15.8. The zero-order chi connectivity index (χ0) is 40.8. The van der Waals surface area contributed by atoms with Gasteiger partial charge in [0.15, 0.2) is 11.2 Å². The Kier molecular flexibility index (Phi) is 7.39. The van der Waals surface area contributed by atoms with E-state index in [0.717, 1.165) is 67.1 Å². The first-order valence-electron chi connectivity index (χ1n) is 20.6. The van der Waals surface area contributed by atoms with E-state index in [9.17, 15) is 0 Å². The summed E-state index contributed by atoms with van der Waals surface area (Å²) in [6.07, 6.45) is 6.82. The average Bonchev–Trinajstić information content (AvgIpc) is 4.06. The van der Waals surface area contributed by atoms with Gasteiger partial charge in [-0.25, -0.2) is 9.97 Å². The summed E-state index contributed by atoms with van der Waals surface area (Å²) in [6, 6.07) is 60.1. The maximum atomic E-state index is 6.56. The van der Waals surface area contributed by atoms with E-state index in [4.69, 9.17) is 23.5 Å². The molecule has 7 aromatic carbocycles. The third-order valence-electron chi connectivity index (χ3n) is 12.4. The van der Waals surface area contributed by atoms with E-state index in [1.165, 1.54) is 22.3 Å². The van der Waals surface area contributed by atoms with Crippen LogP contribution in [0, 0.1) is 0 Å². The van der Waals surface area contributed by atoms with Crippen LogP contribution in [-0.4, -0.2) is 19.9 Å². The van der Waals surface area contributed by atoms with Gasteiger partial charge in [-0.05, 0) is 98.1 Å². The van der Waals surface area contributed by atoms with Crippen LogP contribution in [0.25, 0.3) is 89.6 Å². The standard InChI is InChI=1S/C55H32N4O3/c1-2-11-43-41(10-1)42-21-20-37(30-46(42)55(43)44-12-3-5-14-49(44)60-50-15-6-4-13-45(50)55)34-18-16-33(17-19-34)35-8-7-9-36(26-35)38-27-39(53-58-47-31-56-24-22-51(47)61-53)29-40(28-38)54-59-48-32-57-25-23-52(48)62-54/h1-32H. The lowest BCUT2D eigenvalue weighted by molar-refractivity contribution is 0.436. The zero-order valence-corrected chi connectivity index (χ0v) is 33.0. The van der Waals surface area contributed by atoms with E-state index >= 15 is 0 Å². The van der Waals surface area contributed by atoms with Gasteiger partial charge in [0.2, 0.25) is 11.8 Å². The lowest BCUT2D eigenvalue weighted by Gasteiger charge is -2.39. The quantitative estimate of drug-likeness (QED) is 0.171. The van der Waals surface area contributed by atoms with Gasteiger partial charge in [-0.3, -0.25) is 9.97 Å². The van der Waals surface area contributed by atoms with E-state index in [0.29, 0.717) is 34.0 Å². The number of pyridine rings is 2. The Morgan fingerprint density at radius 3 is 1.45 bits per heavy atom. The van der Waals surface area contributed by atoms with E-state index in [1.807, 2.05) is 18.2 Å². The smallest absolute Gasteiger partial charge is 0.227 e. The predicted octanol–water partition coefficient (Wildman–Crippen LogP) is 13.6. The Balaban J connectivity index is 0.891. The summed E-state index contributed by atoms with van der Waals surface area (Å²) >= 11 is 0. The number of para-hydroxylation sites is 2. The van der Waals surface area contributed by atoms with Crippen LogP contribution >= 0.6 is 0 Å². The second kappa shape index (κ2) is 13.3. The largest absolute Gasteiger partial charge is 0.457 e. The first-order valence-corrected chi connectivity index (χ1v) is 20.6. The molecule has 7 heteroatoms. The summed E-state index contributed by atoms with van der Waals surface area (Å²) in [6.45, 7) is 0. The monoisotopic (exact) mass is 796 g/mol. The molecule has 0 N–H and O–H groups in total. The Hall–Kier alpha value is -8.42. The minimum absolute atomic E-state index is 0.493. The molecule has 0 fully saturated rings. The molecule has 0 saturated heterocycles. The number of hydrogen-bond donors (Lipinski definition) is 0. The maximum Gasteiger partial charge on any atom is 0.227 e. The lowest BCUT2D eigenvalue weighted by Crippen LogP contribution is -2.32. The molecule has 1 aliphatic carbocycles. The van der Waals surface area contributed by atoms with Gasteiger partial charge in [0.1, 0.15) is 22.5 Å². The van der Waals surface area contributed by atoms with Crippen molar-refractivity contribution in [2.75, 3.05) is 0 Å². The summed E-state index contributed by atoms with van der Waals surface area (Å²) in [5.41, 5.74) is 17.7. The molecular weight excluding hydrogens is 765 g/mol. The van der Waals surface area contributed by atoms with Crippen LogP contribution in [0.3, 0.4) is 0 Å². The molecule has 5 heterocycles. The number of oxazole rings is 2. The summed E-state index contributed by atoms with van der Waals surface area (Å²) < 4.78 is 19.0. The third-order valence-corrected chi connectivity index (χ3v) is 12.4. The first kappa shape index (κ1) is 34.4. The highest BCUT2D eigenvalue weighted by atomic mass is 16.5. The van der Waals surface area contributed by atoms with Gasteiger partial charge in [0.05, 0.1) is 17.8 Å². The van der Waals surface area contributed by atoms with Gasteiger partial charge in [-0.2, -0.15) is 0 Å². The van der Waals surface area contributed by atoms with Crippen molar-refractivity contribution in [3.05, 3.63) is 217 Å². The van der Waals surface area contributed by atoms with Gasteiger partial charge in [-0.15, -0.1) is 0 Å². The number of aromatic nitrogens is 4. The van der Waals surface area contributed by atoms with E-state index < -0.39 is 5.41 Å². The van der Waals surface area contributed by atoms with Gasteiger partial charge in [0.25, 0.3) is 0 Å². The van der Waals surface area contributed by atoms with Crippen LogP contribution in [0.4, 0.5) is 0 Å². The molecule has 1 aliphatic heterocycles. The Bertz CT molecular complexity index is 3380. The number of nitrogens with zero attached hydrogens (tertiary/aromatic N) is 4. The molecule has 0 saturated carbocycles. The zero-order valence-electron chi connectivity index (χ0n) is 33.0. The van der Waals surface area contributed by atoms with E-state index in [1.54, 1.807) is 24.8 Å². The molecular formula is C55H32N4O3. The Morgan fingerprint density at radius 1 is 0.355 bits per heavy atom. The van der Waals surface area contributed by atoms with Gasteiger partial charge in [0, 0.05) is 46.8 Å². The molecule has 4 aromatic heterocycles. The van der Waals surface area contributed by atoms with Crippen LogP contribution in [-0.2, 0) is 5.41 Å². The number of fused-ring (bicyclic) bond motifs is 11. The third kappa shape index (κ3) is 5.18. The van der Waals surface area contributed by atoms with Crippen molar-refractivity contribution in [1.29, 1.82) is 0 Å². The summed E-state index contributed by atoms with van der Waals surface area (Å²) in [5.74, 6) is 2.77. The molecule has 0 bridgehead atoms. The number of rotatable bonds is 5. The number of hydrogen-bond acceptors (Lipinski definition) is 7. The molecule has 0 amide bonds. The van der Waals surface area contributed by atoms with Crippen LogP contribution in [0.5, 0.6) is 11.5 Å². The molecule has 2 aliphatic rings. The highest BCUT2D eigenvalue weighted by Crippen LogP contribution is 2.62. The molecule has 62 heavy (non-hydrogen) atoms. The predicted molar refractivity (Wildman–Crippen MR) is 242 cm³/mol. The Morgan fingerprint density at radius 2 is 0.839 bits per heavy atom. The summed E-state index contributed by atoms with van der Waals surface area (Å²) in [7, 11) is 0. The van der Waals surface area contributed by atoms with Crippen molar-refractivity contribution in [2.24, 2.45) is 0 Å². The van der Waals surface area contributed by atoms with Crippen molar-refractivity contribution < 1.29 is 13.6 Å². The molecule has 7 nitrogen and oxygen atoms in total. The van der Waals surface area contributed by atoms with Crippen molar-refractivity contribution in [1.82, 2.24) is 19.9 Å². The fraction of sp³-hybridized carbons (Fsp3) is 0.0182. The number of benzene rings is 7. The van der Waals surface area contributed by atoms with Gasteiger partial charge in [-0.1, -0.05) is 115 Å².